The fourth-order valence-corrected chi connectivity index (χ4v) is 3.00. The van der Waals surface area contributed by atoms with E-state index in [0.29, 0.717) is 0 Å². The highest BCUT2D eigenvalue weighted by Gasteiger charge is 2.68. The van der Waals surface area contributed by atoms with E-state index in [1.807, 2.05) is 0 Å². The Morgan fingerprint density at radius 3 is 2.50 bits per heavy atom. The maximum absolute atomic E-state index is 12.0. The molecule has 0 aliphatic carbocycles. The van der Waals surface area contributed by atoms with E-state index in [1.54, 1.807) is 33.2 Å². The molecule has 3 saturated heterocycles. The van der Waals surface area contributed by atoms with Crippen LogP contribution in [0.1, 0.15) is 27.7 Å². The molecular weight excluding hydrogens is 270 g/mol. The molecule has 8 nitrogen and oxygen atoms in total. The number of carbonyl (C=O) groups excluding carboxylic acids is 1. The summed E-state index contributed by atoms with van der Waals surface area (Å²) in [5.74, 6) is -4.38. The largest absolute Gasteiger partial charge is 0.342 e. The van der Waals surface area contributed by atoms with Crippen LogP contribution in [0.5, 0.6) is 0 Å². The molecule has 114 valence electrons. The van der Waals surface area contributed by atoms with Crippen molar-refractivity contribution >= 4 is 5.91 Å². The van der Waals surface area contributed by atoms with Gasteiger partial charge >= 0.3 is 5.91 Å². The molecule has 0 aromatic rings. The molecule has 0 aromatic carbocycles. The first-order chi connectivity index (χ1) is 9.19. The van der Waals surface area contributed by atoms with Gasteiger partial charge in [0.2, 0.25) is 0 Å². The van der Waals surface area contributed by atoms with Gasteiger partial charge < -0.3 is 23.7 Å². The third-order valence-corrected chi connectivity index (χ3v) is 3.58. The number of fused-ring (bicyclic) bond motifs is 3. The number of ether oxygens (including phenoxy) is 5. The maximum atomic E-state index is 12.0. The van der Waals surface area contributed by atoms with E-state index in [4.69, 9.17) is 28.9 Å². The molecule has 4 unspecified atom stereocenters. The molecule has 1 amide bonds. The summed E-state index contributed by atoms with van der Waals surface area (Å²) in [6.45, 7) is 6.99. The van der Waals surface area contributed by atoms with Gasteiger partial charge in [-0.25, -0.2) is 5.48 Å². The van der Waals surface area contributed by atoms with Crippen molar-refractivity contribution in [1.82, 2.24) is 5.48 Å². The second-order valence-electron chi connectivity index (χ2n) is 6.10. The number of carbonyl (C=O) groups is 1. The van der Waals surface area contributed by atoms with Crippen molar-refractivity contribution in [3.63, 3.8) is 0 Å². The smallest absolute Gasteiger partial charge is 0.306 e. The molecule has 8 heteroatoms. The molecule has 2 N–H and O–H groups in total. The number of hydrogen-bond donors (Lipinski definition) is 2. The molecule has 3 heterocycles. The SMILES string of the molecule is CC1(C)OC2COC3(C(=O)NO)OC(C)(C)OC3C2O1. The Hall–Kier alpha value is -0.770. The molecule has 3 aliphatic heterocycles. The van der Waals surface area contributed by atoms with E-state index in [1.165, 1.54) is 0 Å². The standard InChI is InChI=1S/C12H19NO7/c1-10(2)17-6-5-16-12(9(14)13-15)8(7(6)18-10)19-11(3,4)20-12/h6-8,15H,5H2,1-4H3,(H,13,14). The molecule has 3 aliphatic rings. The molecule has 0 spiro atoms. The van der Waals surface area contributed by atoms with Gasteiger partial charge in [0.25, 0.3) is 5.79 Å². The summed E-state index contributed by atoms with van der Waals surface area (Å²) in [5.41, 5.74) is 1.57. The minimum absolute atomic E-state index is 0.109. The van der Waals surface area contributed by atoms with Gasteiger partial charge in [-0.2, -0.15) is 0 Å². The lowest BCUT2D eigenvalue weighted by molar-refractivity contribution is -0.271. The third kappa shape index (κ3) is 1.95. The Morgan fingerprint density at radius 1 is 1.15 bits per heavy atom. The van der Waals surface area contributed by atoms with Crippen molar-refractivity contribution in [2.75, 3.05) is 6.61 Å². The van der Waals surface area contributed by atoms with Crippen LogP contribution in [-0.2, 0) is 28.5 Å². The van der Waals surface area contributed by atoms with Crippen LogP contribution in [0.4, 0.5) is 0 Å². The van der Waals surface area contributed by atoms with Gasteiger partial charge in [-0.05, 0) is 27.7 Å². The van der Waals surface area contributed by atoms with Gasteiger partial charge in [-0.15, -0.1) is 0 Å². The molecule has 3 fully saturated rings. The van der Waals surface area contributed by atoms with Crippen LogP contribution < -0.4 is 5.48 Å². The summed E-state index contributed by atoms with van der Waals surface area (Å²) in [7, 11) is 0. The zero-order valence-corrected chi connectivity index (χ0v) is 11.8. The second kappa shape index (κ2) is 4.12. The van der Waals surface area contributed by atoms with Crippen molar-refractivity contribution < 1.29 is 33.7 Å². The lowest BCUT2D eigenvalue weighted by Crippen LogP contribution is -2.64. The topological polar surface area (TPSA) is 95.5 Å². The van der Waals surface area contributed by atoms with E-state index in [-0.39, 0.29) is 12.7 Å². The van der Waals surface area contributed by atoms with Gasteiger partial charge in [0.05, 0.1) is 6.61 Å². The van der Waals surface area contributed by atoms with Crippen LogP contribution in [0.25, 0.3) is 0 Å². The molecule has 0 aromatic heterocycles. The van der Waals surface area contributed by atoms with Crippen molar-refractivity contribution in [1.29, 1.82) is 0 Å². The summed E-state index contributed by atoms with van der Waals surface area (Å²) < 4.78 is 28.5. The number of hydroxylamine groups is 1. The predicted octanol–water partition coefficient (Wildman–Crippen LogP) is -0.110. The molecule has 4 atom stereocenters. The number of nitrogens with one attached hydrogen (secondary N) is 1. The monoisotopic (exact) mass is 289 g/mol. The van der Waals surface area contributed by atoms with Crippen LogP contribution >= 0.6 is 0 Å². The number of amides is 1. The molecule has 20 heavy (non-hydrogen) atoms. The normalized spacial score (nSPS) is 44.8. The molecule has 0 bridgehead atoms. The Morgan fingerprint density at radius 2 is 1.85 bits per heavy atom. The summed E-state index contributed by atoms with van der Waals surface area (Å²) in [6.07, 6.45) is -1.70. The molecule has 0 saturated carbocycles. The van der Waals surface area contributed by atoms with Crippen LogP contribution in [0.3, 0.4) is 0 Å². The average molecular weight is 289 g/mol. The second-order valence-corrected chi connectivity index (χ2v) is 6.10. The van der Waals surface area contributed by atoms with Gasteiger partial charge in [0.1, 0.15) is 12.2 Å². The van der Waals surface area contributed by atoms with E-state index in [9.17, 15) is 4.79 Å². The Balaban J connectivity index is 1.96. The Kier molecular flexibility index (Phi) is 2.92. The summed E-state index contributed by atoms with van der Waals surface area (Å²) in [5, 5.41) is 8.96. The van der Waals surface area contributed by atoms with Gasteiger partial charge in [0.15, 0.2) is 17.7 Å². The zero-order valence-electron chi connectivity index (χ0n) is 11.8. The van der Waals surface area contributed by atoms with E-state index < -0.39 is 35.5 Å². The van der Waals surface area contributed by atoms with Crippen molar-refractivity contribution in [2.24, 2.45) is 0 Å². The van der Waals surface area contributed by atoms with Crippen molar-refractivity contribution in [3.8, 4) is 0 Å². The highest BCUT2D eigenvalue weighted by atomic mass is 16.9. The van der Waals surface area contributed by atoms with Crippen molar-refractivity contribution in [3.05, 3.63) is 0 Å². The molecule has 3 rings (SSSR count). The number of hydrogen-bond acceptors (Lipinski definition) is 7. The Labute approximate surface area is 116 Å². The summed E-state index contributed by atoms with van der Waals surface area (Å²) >= 11 is 0. The quantitative estimate of drug-likeness (QED) is 0.513. The van der Waals surface area contributed by atoms with Gasteiger partial charge in [-0.1, -0.05) is 0 Å². The minimum atomic E-state index is -1.73. The fourth-order valence-electron chi connectivity index (χ4n) is 3.00. The Bertz CT molecular complexity index is 438. The lowest BCUT2D eigenvalue weighted by atomic mass is 9.96. The summed E-state index contributed by atoms with van der Waals surface area (Å²) in [4.78, 5) is 12.0. The number of rotatable bonds is 1. The summed E-state index contributed by atoms with van der Waals surface area (Å²) in [6, 6.07) is 0. The molecular formula is C12H19NO7. The molecule has 0 radical (unpaired) electrons. The minimum Gasteiger partial charge on any atom is -0.342 e. The zero-order chi connectivity index (χ0) is 14.8. The van der Waals surface area contributed by atoms with E-state index in [2.05, 4.69) is 0 Å². The maximum Gasteiger partial charge on any atom is 0.306 e. The lowest BCUT2D eigenvalue weighted by Gasteiger charge is -2.38. The fraction of sp³-hybridized carbons (Fsp3) is 0.917. The van der Waals surface area contributed by atoms with E-state index in [0.717, 1.165) is 0 Å². The van der Waals surface area contributed by atoms with Crippen LogP contribution in [0.2, 0.25) is 0 Å². The highest BCUT2D eigenvalue weighted by molar-refractivity contribution is 5.84. The third-order valence-electron chi connectivity index (χ3n) is 3.58. The van der Waals surface area contributed by atoms with Gasteiger partial charge in [0, 0.05) is 0 Å². The van der Waals surface area contributed by atoms with E-state index >= 15 is 0 Å². The van der Waals surface area contributed by atoms with Crippen molar-refractivity contribution in [2.45, 2.75) is 63.4 Å². The first-order valence-electron chi connectivity index (χ1n) is 6.51. The average Bonchev–Trinajstić information content (AvgIpc) is 2.80. The van der Waals surface area contributed by atoms with Crippen LogP contribution in [-0.4, -0.2) is 53.4 Å². The predicted molar refractivity (Wildman–Crippen MR) is 62.5 cm³/mol. The highest BCUT2D eigenvalue weighted by Crippen LogP contribution is 2.47. The van der Waals surface area contributed by atoms with Crippen LogP contribution in [0, 0.1) is 0 Å². The first-order valence-corrected chi connectivity index (χ1v) is 6.51. The first kappa shape index (κ1) is 14.2. The van der Waals surface area contributed by atoms with Gasteiger partial charge in [-0.3, -0.25) is 10.0 Å². The van der Waals surface area contributed by atoms with Crippen LogP contribution in [0.15, 0.2) is 0 Å².